The van der Waals surface area contributed by atoms with E-state index >= 15 is 0 Å². The fourth-order valence-electron chi connectivity index (χ4n) is 10.9. The molecule has 0 aliphatic heterocycles. The molecule has 0 unspecified atom stereocenters. The maximum atomic E-state index is 5.88. The molecule has 3 nitrogen and oxygen atoms in total. The van der Waals surface area contributed by atoms with Crippen molar-refractivity contribution in [1.29, 1.82) is 0 Å². The molecule has 0 aliphatic carbocycles. The van der Waals surface area contributed by atoms with Crippen molar-refractivity contribution in [2.75, 3.05) is 0 Å². The Morgan fingerprint density at radius 2 is 0.940 bits per heavy atom. The van der Waals surface area contributed by atoms with E-state index in [9.17, 15) is 0 Å². The third kappa shape index (κ3) is 6.16. The quantitative estimate of drug-likeness (QED) is 0.103. The molecule has 314 valence electrons. The van der Waals surface area contributed by atoms with Crippen molar-refractivity contribution in [1.82, 2.24) is 9.55 Å². The minimum absolute atomic E-state index is 0.935. The van der Waals surface area contributed by atoms with Gasteiger partial charge in [0.1, 0.15) is 0 Å². The molecule has 0 radical (unpaired) electrons. The number of aromatic nitrogens is 2. The van der Waals surface area contributed by atoms with Gasteiger partial charge in [-0.2, -0.15) is 0 Å². The number of fused-ring (bicyclic) bond motifs is 10. The number of nitrogens with zero attached hydrogens (tertiary/aromatic N) is 2. The van der Waals surface area contributed by atoms with E-state index in [1.807, 2.05) is 12.3 Å². The van der Waals surface area contributed by atoms with Crippen molar-refractivity contribution < 1.29 is 0 Å². The summed E-state index contributed by atoms with van der Waals surface area (Å²) in [6.07, 6.45) is 7.45. The molecule has 2 N–H and O–H groups in total. The summed E-state index contributed by atoms with van der Waals surface area (Å²) < 4.78 is 2.45. The lowest BCUT2D eigenvalue weighted by molar-refractivity contribution is 1.19. The van der Waals surface area contributed by atoms with E-state index in [1.54, 1.807) is 6.20 Å². The van der Waals surface area contributed by atoms with Gasteiger partial charge in [0.2, 0.25) is 0 Å². The zero-order chi connectivity index (χ0) is 44.6. The first-order chi connectivity index (χ1) is 33.1. The molecule has 67 heavy (non-hydrogen) atoms. The number of hydrogen-bond donors (Lipinski definition) is 1. The molecule has 13 aromatic rings. The molecule has 3 heteroatoms. The third-order valence-electron chi connectivity index (χ3n) is 13.9. The highest BCUT2D eigenvalue weighted by Gasteiger charge is 2.22. The second-order valence-corrected chi connectivity index (χ2v) is 17.7. The zero-order valence-corrected chi connectivity index (χ0v) is 36.9. The van der Waals surface area contributed by atoms with Gasteiger partial charge in [0.15, 0.2) is 0 Å². The Bertz CT molecular complexity index is 4240. The van der Waals surface area contributed by atoms with Gasteiger partial charge in [-0.15, -0.1) is 0 Å². The molecular formula is C64H43N3. The van der Waals surface area contributed by atoms with Crippen LogP contribution in [0.4, 0.5) is 0 Å². The number of pyridine rings is 1. The van der Waals surface area contributed by atoms with Crippen LogP contribution in [0.1, 0.15) is 12.6 Å². The summed E-state index contributed by atoms with van der Waals surface area (Å²) in [4.78, 5) is 5.07. The van der Waals surface area contributed by atoms with E-state index < -0.39 is 0 Å². The van der Waals surface area contributed by atoms with Crippen LogP contribution in [0.15, 0.2) is 231 Å². The molecule has 11 aromatic carbocycles. The van der Waals surface area contributed by atoms with Gasteiger partial charge in [-0.25, -0.2) is 0 Å². The second-order valence-electron chi connectivity index (χ2n) is 17.7. The Morgan fingerprint density at radius 1 is 0.418 bits per heavy atom. The molecule has 0 atom stereocenters. The summed E-state index contributed by atoms with van der Waals surface area (Å²) in [7, 11) is 0. The predicted octanol–water partition coefficient (Wildman–Crippen LogP) is 17.0. The molecule has 2 aromatic heterocycles. The first kappa shape index (κ1) is 38.6. The minimum Gasteiger partial charge on any atom is -0.405 e. The highest BCUT2D eigenvalue weighted by atomic mass is 15.0. The van der Waals surface area contributed by atoms with Crippen LogP contribution in [0, 0.1) is 0 Å². The maximum absolute atomic E-state index is 5.88. The van der Waals surface area contributed by atoms with E-state index in [0.29, 0.717) is 0 Å². The first-order valence-corrected chi connectivity index (χ1v) is 23.0. The van der Waals surface area contributed by atoms with Gasteiger partial charge in [0.25, 0.3) is 0 Å². The topological polar surface area (TPSA) is 43.8 Å². The van der Waals surface area contributed by atoms with E-state index in [0.717, 1.165) is 49.9 Å². The predicted molar refractivity (Wildman–Crippen MR) is 287 cm³/mol. The average molecular weight is 854 g/mol. The summed E-state index contributed by atoms with van der Waals surface area (Å²) >= 11 is 0. The van der Waals surface area contributed by atoms with E-state index in [-0.39, 0.29) is 0 Å². The Morgan fingerprint density at radius 3 is 1.61 bits per heavy atom. The van der Waals surface area contributed by atoms with Crippen molar-refractivity contribution in [2.45, 2.75) is 6.92 Å². The lowest BCUT2D eigenvalue weighted by Crippen LogP contribution is -1.97. The molecule has 13 rings (SSSR count). The van der Waals surface area contributed by atoms with Gasteiger partial charge in [0.05, 0.1) is 22.4 Å². The summed E-state index contributed by atoms with van der Waals surface area (Å²) in [5.74, 6) is 0. The molecular weight excluding hydrogens is 811 g/mol. The molecule has 0 spiro atoms. The van der Waals surface area contributed by atoms with Crippen molar-refractivity contribution >= 4 is 92.0 Å². The van der Waals surface area contributed by atoms with Crippen molar-refractivity contribution in [3.8, 4) is 39.1 Å². The van der Waals surface area contributed by atoms with Crippen molar-refractivity contribution in [2.24, 2.45) is 5.73 Å². The summed E-state index contributed by atoms with van der Waals surface area (Å²) in [5.41, 5.74) is 18.4. The van der Waals surface area contributed by atoms with Gasteiger partial charge in [-0.05, 0) is 160 Å². The molecule has 0 saturated heterocycles. The van der Waals surface area contributed by atoms with Crippen LogP contribution in [0.25, 0.3) is 131 Å². The Kier molecular flexibility index (Phi) is 8.90. The molecule has 0 fully saturated rings. The number of allylic oxidation sites excluding steroid dienone is 3. The van der Waals surface area contributed by atoms with E-state index in [4.69, 9.17) is 10.7 Å². The number of rotatable bonds is 6. The maximum Gasteiger partial charge on any atom is 0.0759 e. The lowest BCUT2D eigenvalue weighted by atomic mass is 9.84. The molecule has 0 aliphatic rings. The molecule has 2 heterocycles. The zero-order valence-electron chi connectivity index (χ0n) is 36.9. The van der Waals surface area contributed by atoms with Crippen LogP contribution in [-0.2, 0) is 0 Å². The van der Waals surface area contributed by atoms with E-state index in [1.165, 1.54) is 86.9 Å². The fraction of sp³-hybridized carbons (Fsp3) is 0.0156. The minimum atomic E-state index is 0.935. The van der Waals surface area contributed by atoms with Crippen molar-refractivity contribution in [3.63, 3.8) is 0 Å². The SMILES string of the molecule is C/C(=C\C=C/N)c1nccc2c1c1cc(-c3ccc4c(-c5ccc6ccccc6c5)c5ccccc5c(-c5ccc6ccccc6c5)c4c3)ccc1n2-c1cc2ccccc2c2ccccc12. The van der Waals surface area contributed by atoms with Crippen LogP contribution < -0.4 is 5.73 Å². The number of nitrogens with two attached hydrogens (primary N) is 1. The second kappa shape index (κ2) is 15.4. The highest BCUT2D eigenvalue weighted by Crippen LogP contribution is 2.47. The van der Waals surface area contributed by atoms with Crippen LogP contribution in [0.2, 0.25) is 0 Å². The van der Waals surface area contributed by atoms with Crippen molar-refractivity contribution in [3.05, 3.63) is 236 Å². The van der Waals surface area contributed by atoms with Crippen LogP contribution in [-0.4, -0.2) is 9.55 Å². The van der Waals surface area contributed by atoms with Gasteiger partial charge >= 0.3 is 0 Å². The Balaban J connectivity index is 1.11. The smallest absolute Gasteiger partial charge is 0.0759 e. The normalized spacial score (nSPS) is 12.3. The van der Waals surface area contributed by atoms with Crippen LogP contribution in [0.5, 0.6) is 0 Å². The van der Waals surface area contributed by atoms with Crippen LogP contribution >= 0.6 is 0 Å². The largest absolute Gasteiger partial charge is 0.405 e. The third-order valence-corrected chi connectivity index (χ3v) is 13.9. The average Bonchev–Trinajstić information content (AvgIpc) is 3.72. The standard InChI is InChI=1S/C64H43N3/c1-40(13-12-33-65)64-63-57-38-46(29-31-58(57)67(59(63)32-34-66-64)60-39-47-18-6-7-19-50(47)51-20-8-9-21-52(51)60)45-28-30-55-56(37-45)62(49-27-25-42-15-3-5-17-44(42)36-49)54-23-11-10-22-53(54)61(55)48-26-24-41-14-2-4-16-43(41)35-48/h2-39H,65H2,1H3/b33-12-,40-13+. The number of hydrogen-bond acceptors (Lipinski definition) is 2. The monoisotopic (exact) mass is 853 g/mol. The molecule has 0 saturated carbocycles. The highest BCUT2D eigenvalue weighted by molar-refractivity contribution is 6.23. The lowest BCUT2D eigenvalue weighted by Gasteiger charge is -2.19. The Hall–Kier alpha value is -8.79. The molecule has 0 bridgehead atoms. The number of benzene rings is 11. The summed E-state index contributed by atoms with van der Waals surface area (Å²) in [6.45, 7) is 2.12. The summed E-state index contributed by atoms with van der Waals surface area (Å²) in [5, 5.41) is 17.0. The van der Waals surface area contributed by atoms with Gasteiger partial charge in [0, 0.05) is 22.4 Å². The van der Waals surface area contributed by atoms with E-state index in [2.05, 4.69) is 224 Å². The first-order valence-electron chi connectivity index (χ1n) is 23.0. The Labute approximate surface area is 388 Å². The summed E-state index contributed by atoms with van der Waals surface area (Å²) in [6, 6.07) is 76.2. The van der Waals surface area contributed by atoms with Gasteiger partial charge in [-0.1, -0.05) is 170 Å². The van der Waals surface area contributed by atoms with Crippen LogP contribution in [0.3, 0.4) is 0 Å². The van der Waals surface area contributed by atoms with Gasteiger partial charge in [-0.3, -0.25) is 4.98 Å². The molecule has 0 amide bonds. The fourth-order valence-corrected chi connectivity index (χ4v) is 10.9. The van der Waals surface area contributed by atoms with Gasteiger partial charge < -0.3 is 10.3 Å².